The number of halogens is 2. The molecule has 1 aromatic heterocycles. The molecule has 5 heteroatoms. The molecule has 1 heterocycles. The van der Waals surface area contributed by atoms with Crippen molar-refractivity contribution in [3.8, 4) is 0 Å². The highest BCUT2D eigenvalue weighted by Crippen LogP contribution is 2.14. The van der Waals surface area contributed by atoms with Gasteiger partial charge in [0.15, 0.2) is 0 Å². The smallest absolute Gasteiger partial charge is 0.130 e. The number of hydrogen-bond donors (Lipinski definition) is 1. The van der Waals surface area contributed by atoms with Crippen LogP contribution in [0.2, 0.25) is 0 Å². The van der Waals surface area contributed by atoms with Crippen molar-refractivity contribution in [1.82, 2.24) is 15.1 Å². The topological polar surface area (TPSA) is 29.9 Å². The van der Waals surface area contributed by atoms with Crippen LogP contribution < -0.4 is 5.32 Å². The van der Waals surface area contributed by atoms with Gasteiger partial charge >= 0.3 is 0 Å². The summed E-state index contributed by atoms with van der Waals surface area (Å²) in [5, 5.41) is 7.36. The molecule has 0 aliphatic carbocycles. The molecule has 0 aliphatic heterocycles. The van der Waals surface area contributed by atoms with Gasteiger partial charge in [-0.05, 0) is 26.0 Å². The first-order valence-electron chi connectivity index (χ1n) is 6.13. The van der Waals surface area contributed by atoms with E-state index in [1.807, 2.05) is 20.9 Å². The summed E-state index contributed by atoms with van der Waals surface area (Å²) in [5.41, 5.74) is 3.13. The van der Waals surface area contributed by atoms with Gasteiger partial charge in [0.25, 0.3) is 0 Å². The Morgan fingerprint density at radius 3 is 2.21 bits per heavy atom. The maximum absolute atomic E-state index is 13.4. The lowest BCUT2D eigenvalue weighted by atomic mass is 10.1. The van der Waals surface area contributed by atoms with Gasteiger partial charge in [-0.1, -0.05) is 6.07 Å². The van der Waals surface area contributed by atoms with E-state index in [9.17, 15) is 8.78 Å². The molecule has 0 atom stereocenters. The largest absolute Gasteiger partial charge is 0.308 e. The van der Waals surface area contributed by atoms with Gasteiger partial charge in [0, 0.05) is 37.0 Å². The van der Waals surface area contributed by atoms with E-state index >= 15 is 0 Å². The summed E-state index contributed by atoms with van der Waals surface area (Å²) in [6, 6.07) is 3.89. The van der Waals surface area contributed by atoms with Gasteiger partial charge in [-0.3, -0.25) is 4.68 Å². The zero-order valence-electron chi connectivity index (χ0n) is 11.3. The molecule has 1 aromatic carbocycles. The van der Waals surface area contributed by atoms with Gasteiger partial charge in [0.05, 0.1) is 5.69 Å². The van der Waals surface area contributed by atoms with E-state index in [1.165, 1.54) is 18.2 Å². The van der Waals surface area contributed by atoms with Crippen molar-refractivity contribution >= 4 is 0 Å². The Morgan fingerprint density at radius 2 is 1.68 bits per heavy atom. The molecule has 2 aromatic rings. The Kier molecular flexibility index (Phi) is 3.95. The SMILES string of the molecule is Cc1nn(C)c(C)c1CNCc1c(F)cccc1F. The van der Waals surface area contributed by atoms with Crippen LogP contribution in [0.4, 0.5) is 8.78 Å². The first-order valence-corrected chi connectivity index (χ1v) is 6.13. The second-order valence-corrected chi connectivity index (χ2v) is 4.58. The molecule has 0 saturated carbocycles. The highest BCUT2D eigenvalue weighted by atomic mass is 19.1. The molecule has 0 spiro atoms. The molecule has 0 saturated heterocycles. The summed E-state index contributed by atoms with van der Waals surface area (Å²) >= 11 is 0. The number of rotatable bonds is 4. The van der Waals surface area contributed by atoms with Crippen molar-refractivity contribution in [2.75, 3.05) is 0 Å². The van der Waals surface area contributed by atoms with E-state index in [1.54, 1.807) is 4.68 Å². The minimum Gasteiger partial charge on any atom is -0.308 e. The van der Waals surface area contributed by atoms with Crippen LogP contribution in [0, 0.1) is 25.5 Å². The molecule has 0 fully saturated rings. The van der Waals surface area contributed by atoms with Crippen molar-refractivity contribution in [2.45, 2.75) is 26.9 Å². The van der Waals surface area contributed by atoms with E-state index in [0.29, 0.717) is 6.54 Å². The summed E-state index contributed by atoms with van der Waals surface area (Å²) in [6.45, 7) is 4.60. The number of aromatic nitrogens is 2. The molecule has 19 heavy (non-hydrogen) atoms. The molecular weight excluding hydrogens is 248 g/mol. The van der Waals surface area contributed by atoms with Crippen LogP contribution in [-0.4, -0.2) is 9.78 Å². The van der Waals surface area contributed by atoms with Crippen LogP contribution in [0.25, 0.3) is 0 Å². The maximum Gasteiger partial charge on any atom is 0.130 e. The number of aryl methyl sites for hydroxylation is 2. The maximum atomic E-state index is 13.4. The van der Waals surface area contributed by atoms with E-state index < -0.39 is 11.6 Å². The van der Waals surface area contributed by atoms with E-state index in [0.717, 1.165) is 17.0 Å². The average Bonchev–Trinajstić information content (AvgIpc) is 2.59. The van der Waals surface area contributed by atoms with Gasteiger partial charge in [-0.25, -0.2) is 8.78 Å². The van der Waals surface area contributed by atoms with Crippen molar-refractivity contribution in [3.05, 3.63) is 52.3 Å². The molecule has 0 amide bonds. The molecule has 1 N–H and O–H groups in total. The lowest BCUT2D eigenvalue weighted by Crippen LogP contribution is -2.16. The Hall–Kier alpha value is -1.75. The number of nitrogens with one attached hydrogen (secondary N) is 1. The van der Waals surface area contributed by atoms with Crippen molar-refractivity contribution in [2.24, 2.45) is 7.05 Å². The van der Waals surface area contributed by atoms with Crippen molar-refractivity contribution < 1.29 is 8.78 Å². The Labute approximate surface area is 111 Å². The third-order valence-corrected chi connectivity index (χ3v) is 3.32. The normalized spacial score (nSPS) is 11.0. The molecule has 3 nitrogen and oxygen atoms in total. The van der Waals surface area contributed by atoms with Crippen LogP contribution in [0.3, 0.4) is 0 Å². The first-order chi connectivity index (χ1) is 9.00. The Bertz CT molecular complexity index is 570. The minimum atomic E-state index is -0.521. The van der Waals surface area contributed by atoms with E-state index in [-0.39, 0.29) is 12.1 Å². The summed E-state index contributed by atoms with van der Waals surface area (Å²) in [4.78, 5) is 0. The average molecular weight is 265 g/mol. The summed E-state index contributed by atoms with van der Waals surface area (Å²) < 4.78 is 28.7. The van der Waals surface area contributed by atoms with E-state index in [2.05, 4.69) is 10.4 Å². The summed E-state index contributed by atoms with van der Waals surface area (Å²) in [7, 11) is 1.88. The monoisotopic (exact) mass is 265 g/mol. The Morgan fingerprint density at radius 1 is 1.11 bits per heavy atom. The standard InChI is InChI=1S/C14H17F2N3/c1-9-11(10(2)19(3)18-9)7-17-8-12-13(15)5-4-6-14(12)16/h4-6,17H,7-8H2,1-3H3. The Balaban J connectivity index is 2.04. The molecule has 102 valence electrons. The number of benzene rings is 1. The summed E-state index contributed by atoms with van der Waals surface area (Å²) in [6.07, 6.45) is 0. The lowest BCUT2D eigenvalue weighted by molar-refractivity contribution is 0.535. The lowest BCUT2D eigenvalue weighted by Gasteiger charge is -2.07. The van der Waals surface area contributed by atoms with Crippen LogP contribution in [0.5, 0.6) is 0 Å². The van der Waals surface area contributed by atoms with Gasteiger partial charge in [-0.15, -0.1) is 0 Å². The number of nitrogens with zero attached hydrogens (tertiary/aromatic N) is 2. The predicted octanol–water partition coefficient (Wildman–Crippen LogP) is 2.60. The number of hydrogen-bond acceptors (Lipinski definition) is 2. The van der Waals surface area contributed by atoms with Gasteiger partial charge in [0.2, 0.25) is 0 Å². The van der Waals surface area contributed by atoms with Crippen molar-refractivity contribution in [1.29, 1.82) is 0 Å². The second-order valence-electron chi connectivity index (χ2n) is 4.58. The predicted molar refractivity (Wildman–Crippen MR) is 69.6 cm³/mol. The fourth-order valence-corrected chi connectivity index (χ4v) is 2.09. The quantitative estimate of drug-likeness (QED) is 0.921. The van der Waals surface area contributed by atoms with Gasteiger partial charge in [0.1, 0.15) is 11.6 Å². The summed E-state index contributed by atoms with van der Waals surface area (Å²) in [5.74, 6) is -1.04. The zero-order chi connectivity index (χ0) is 14.0. The molecule has 0 bridgehead atoms. The van der Waals surface area contributed by atoms with Crippen molar-refractivity contribution in [3.63, 3.8) is 0 Å². The molecule has 0 aliphatic rings. The molecule has 0 radical (unpaired) electrons. The third-order valence-electron chi connectivity index (χ3n) is 3.32. The fourth-order valence-electron chi connectivity index (χ4n) is 2.09. The van der Waals surface area contributed by atoms with Crippen LogP contribution in [-0.2, 0) is 20.1 Å². The van der Waals surface area contributed by atoms with Gasteiger partial charge < -0.3 is 5.32 Å². The second kappa shape index (κ2) is 5.48. The first kappa shape index (κ1) is 13.7. The molecule has 0 unspecified atom stereocenters. The van der Waals surface area contributed by atoms with Crippen LogP contribution >= 0.6 is 0 Å². The highest BCUT2D eigenvalue weighted by Gasteiger charge is 2.11. The molecule has 2 rings (SSSR count). The molecular formula is C14H17F2N3. The van der Waals surface area contributed by atoms with E-state index in [4.69, 9.17) is 0 Å². The van der Waals surface area contributed by atoms with Crippen LogP contribution in [0.1, 0.15) is 22.5 Å². The van der Waals surface area contributed by atoms with Crippen LogP contribution in [0.15, 0.2) is 18.2 Å². The zero-order valence-corrected chi connectivity index (χ0v) is 11.3. The van der Waals surface area contributed by atoms with Gasteiger partial charge in [-0.2, -0.15) is 5.10 Å². The highest BCUT2D eigenvalue weighted by molar-refractivity contribution is 5.24. The fraction of sp³-hybridized carbons (Fsp3) is 0.357. The third kappa shape index (κ3) is 2.81. The minimum absolute atomic E-state index is 0.0710.